The largest absolute Gasteiger partial charge is 0.481 e. The predicted molar refractivity (Wildman–Crippen MR) is 43.4 cm³/mol. The summed E-state index contributed by atoms with van der Waals surface area (Å²) in [5.41, 5.74) is 6.06. The van der Waals surface area contributed by atoms with Gasteiger partial charge in [-0.25, -0.2) is 9.37 Å². The van der Waals surface area contributed by atoms with Gasteiger partial charge in [-0.2, -0.15) is 0 Å². The smallest absolute Gasteiger partial charge is 0.213 e. The van der Waals surface area contributed by atoms with E-state index in [0.29, 0.717) is 17.1 Å². The fourth-order valence-corrected chi connectivity index (χ4v) is 0.945. The fraction of sp³-hybridized carbons (Fsp3) is 0.375. The van der Waals surface area contributed by atoms with Crippen LogP contribution in [0.25, 0.3) is 0 Å². The number of pyridine rings is 1. The van der Waals surface area contributed by atoms with Gasteiger partial charge >= 0.3 is 0 Å². The number of halogens is 1. The Labute approximate surface area is 70.4 Å². The Kier molecular flexibility index (Phi) is 2.60. The summed E-state index contributed by atoms with van der Waals surface area (Å²) >= 11 is 0. The van der Waals surface area contributed by atoms with Crippen molar-refractivity contribution in [3.05, 3.63) is 23.1 Å². The van der Waals surface area contributed by atoms with Crippen LogP contribution in [0.15, 0.2) is 6.07 Å². The summed E-state index contributed by atoms with van der Waals surface area (Å²) in [6, 6.07) is 1.50. The molecule has 0 aliphatic rings. The first-order valence-electron chi connectivity index (χ1n) is 3.59. The Bertz CT molecular complexity index is 289. The zero-order valence-electron chi connectivity index (χ0n) is 7.10. The molecule has 0 amide bonds. The molecule has 0 radical (unpaired) electrons. The number of nitrogens with two attached hydrogens (primary N) is 1. The Balaban J connectivity index is 3.19. The third kappa shape index (κ3) is 1.53. The molecule has 0 bridgehead atoms. The molecule has 1 heterocycles. The van der Waals surface area contributed by atoms with Gasteiger partial charge < -0.3 is 10.5 Å². The van der Waals surface area contributed by atoms with Gasteiger partial charge in [0.2, 0.25) is 5.88 Å². The van der Waals surface area contributed by atoms with Crippen LogP contribution in [0.3, 0.4) is 0 Å². The van der Waals surface area contributed by atoms with Gasteiger partial charge in [-0.1, -0.05) is 0 Å². The zero-order chi connectivity index (χ0) is 9.14. The number of nitrogens with zero attached hydrogens (tertiary/aromatic N) is 1. The molecule has 0 atom stereocenters. The third-order valence-electron chi connectivity index (χ3n) is 1.60. The van der Waals surface area contributed by atoms with Crippen LogP contribution in [0.4, 0.5) is 4.39 Å². The summed E-state index contributed by atoms with van der Waals surface area (Å²) < 4.78 is 18.0. The maximum atomic E-state index is 13.1. The van der Waals surface area contributed by atoms with Gasteiger partial charge in [0.05, 0.1) is 12.8 Å². The van der Waals surface area contributed by atoms with Gasteiger partial charge in [-0.05, 0) is 6.92 Å². The summed E-state index contributed by atoms with van der Waals surface area (Å²) in [6.07, 6.45) is 0. The van der Waals surface area contributed by atoms with E-state index < -0.39 is 0 Å². The van der Waals surface area contributed by atoms with Crippen LogP contribution in [-0.4, -0.2) is 12.1 Å². The van der Waals surface area contributed by atoms with E-state index in [4.69, 9.17) is 10.5 Å². The first-order valence-corrected chi connectivity index (χ1v) is 3.59. The van der Waals surface area contributed by atoms with Crippen LogP contribution in [0.2, 0.25) is 0 Å². The number of rotatable bonds is 2. The summed E-state index contributed by atoms with van der Waals surface area (Å²) in [5, 5.41) is 0. The van der Waals surface area contributed by atoms with Crippen LogP contribution >= 0.6 is 0 Å². The molecule has 12 heavy (non-hydrogen) atoms. The standard InChI is InChI=1S/C8H11FN2O/c1-5-8(9)6(4-10)3-7(11-5)12-2/h3H,4,10H2,1-2H3. The molecule has 66 valence electrons. The van der Waals surface area contributed by atoms with Crippen LogP contribution in [0, 0.1) is 12.7 Å². The number of aromatic nitrogens is 1. The molecule has 1 rings (SSSR count). The molecule has 0 saturated heterocycles. The molecule has 1 aromatic heterocycles. The van der Waals surface area contributed by atoms with Crippen LogP contribution < -0.4 is 10.5 Å². The highest BCUT2D eigenvalue weighted by atomic mass is 19.1. The Morgan fingerprint density at radius 1 is 1.67 bits per heavy atom. The summed E-state index contributed by atoms with van der Waals surface area (Å²) in [5.74, 6) is 0.0488. The van der Waals surface area contributed by atoms with Gasteiger partial charge in [-0.15, -0.1) is 0 Å². The second kappa shape index (κ2) is 3.49. The fourth-order valence-electron chi connectivity index (χ4n) is 0.945. The van der Waals surface area contributed by atoms with Crippen molar-refractivity contribution >= 4 is 0 Å². The molecule has 0 aliphatic heterocycles. The second-order valence-electron chi connectivity index (χ2n) is 2.43. The molecule has 2 N–H and O–H groups in total. The topological polar surface area (TPSA) is 48.1 Å². The first kappa shape index (κ1) is 8.93. The van der Waals surface area contributed by atoms with Gasteiger partial charge in [-0.3, -0.25) is 0 Å². The average Bonchev–Trinajstić information content (AvgIpc) is 2.09. The lowest BCUT2D eigenvalue weighted by molar-refractivity contribution is 0.393. The van der Waals surface area contributed by atoms with Crippen molar-refractivity contribution in [2.24, 2.45) is 5.73 Å². The lowest BCUT2D eigenvalue weighted by Gasteiger charge is -2.05. The first-order chi connectivity index (χ1) is 5.69. The molecule has 0 aromatic carbocycles. The maximum Gasteiger partial charge on any atom is 0.213 e. The maximum absolute atomic E-state index is 13.1. The predicted octanol–water partition coefficient (Wildman–Crippen LogP) is 0.996. The van der Waals surface area contributed by atoms with Gasteiger partial charge in [0.25, 0.3) is 0 Å². The van der Waals surface area contributed by atoms with Crippen LogP contribution in [-0.2, 0) is 6.54 Å². The van der Waals surface area contributed by atoms with Gasteiger partial charge in [0, 0.05) is 18.2 Å². The van der Waals surface area contributed by atoms with Crippen molar-refractivity contribution < 1.29 is 9.13 Å². The molecule has 0 spiro atoms. The number of hydrogen-bond donors (Lipinski definition) is 1. The minimum Gasteiger partial charge on any atom is -0.481 e. The lowest BCUT2D eigenvalue weighted by atomic mass is 10.2. The monoisotopic (exact) mass is 170 g/mol. The van der Waals surface area contributed by atoms with Crippen molar-refractivity contribution in [3.63, 3.8) is 0 Å². The number of ether oxygens (including phenoxy) is 1. The van der Waals surface area contributed by atoms with E-state index in [1.807, 2.05) is 0 Å². The molecule has 0 fully saturated rings. The summed E-state index contributed by atoms with van der Waals surface area (Å²) in [7, 11) is 1.49. The lowest BCUT2D eigenvalue weighted by Crippen LogP contribution is -2.04. The van der Waals surface area contributed by atoms with Crippen LogP contribution in [0.1, 0.15) is 11.3 Å². The van der Waals surface area contributed by atoms with Crippen molar-refractivity contribution in [1.82, 2.24) is 4.98 Å². The summed E-state index contributed by atoms with van der Waals surface area (Å²) in [4.78, 5) is 3.85. The Morgan fingerprint density at radius 3 is 2.83 bits per heavy atom. The molecular weight excluding hydrogens is 159 g/mol. The minimum absolute atomic E-state index is 0.158. The van der Waals surface area contributed by atoms with Gasteiger partial charge in [0.1, 0.15) is 5.82 Å². The van der Waals surface area contributed by atoms with Crippen molar-refractivity contribution in [3.8, 4) is 5.88 Å². The second-order valence-corrected chi connectivity index (χ2v) is 2.43. The molecule has 3 nitrogen and oxygen atoms in total. The van der Waals surface area contributed by atoms with E-state index in [9.17, 15) is 4.39 Å². The van der Waals surface area contributed by atoms with E-state index in [2.05, 4.69) is 4.98 Å². The molecular formula is C8H11FN2O. The molecule has 4 heteroatoms. The zero-order valence-corrected chi connectivity index (χ0v) is 7.10. The SMILES string of the molecule is COc1cc(CN)c(F)c(C)n1. The highest BCUT2D eigenvalue weighted by Crippen LogP contribution is 2.15. The quantitative estimate of drug-likeness (QED) is 0.720. The normalized spacial score (nSPS) is 10.0. The van der Waals surface area contributed by atoms with E-state index in [-0.39, 0.29) is 12.4 Å². The van der Waals surface area contributed by atoms with Crippen molar-refractivity contribution in [1.29, 1.82) is 0 Å². The third-order valence-corrected chi connectivity index (χ3v) is 1.60. The highest BCUT2D eigenvalue weighted by molar-refractivity contribution is 5.26. The highest BCUT2D eigenvalue weighted by Gasteiger charge is 2.07. The Morgan fingerprint density at radius 2 is 2.33 bits per heavy atom. The molecule has 0 unspecified atom stereocenters. The van der Waals surface area contributed by atoms with Crippen molar-refractivity contribution in [2.75, 3.05) is 7.11 Å². The molecule has 1 aromatic rings. The van der Waals surface area contributed by atoms with E-state index >= 15 is 0 Å². The van der Waals surface area contributed by atoms with Crippen LogP contribution in [0.5, 0.6) is 5.88 Å². The minimum atomic E-state index is -0.349. The average molecular weight is 170 g/mol. The number of hydrogen-bond acceptors (Lipinski definition) is 3. The summed E-state index contributed by atoms with van der Waals surface area (Å²) in [6.45, 7) is 1.74. The number of methoxy groups -OCH3 is 1. The molecule has 0 saturated carbocycles. The molecule has 0 aliphatic carbocycles. The van der Waals surface area contributed by atoms with E-state index in [1.54, 1.807) is 6.92 Å². The van der Waals surface area contributed by atoms with E-state index in [1.165, 1.54) is 13.2 Å². The van der Waals surface area contributed by atoms with Gasteiger partial charge in [0.15, 0.2) is 0 Å². The van der Waals surface area contributed by atoms with E-state index in [0.717, 1.165) is 0 Å². The number of aryl methyl sites for hydroxylation is 1. The van der Waals surface area contributed by atoms with Crippen molar-refractivity contribution in [2.45, 2.75) is 13.5 Å². The Hall–Kier alpha value is -1.16.